The molecule has 0 saturated heterocycles. The Kier molecular flexibility index (Phi) is 8.90. The summed E-state index contributed by atoms with van der Waals surface area (Å²) in [6, 6.07) is 16.9. The van der Waals surface area contributed by atoms with Crippen molar-refractivity contribution >= 4 is 11.8 Å². The second-order valence-corrected chi connectivity index (χ2v) is 8.08. The van der Waals surface area contributed by atoms with E-state index in [0.717, 1.165) is 11.1 Å². The van der Waals surface area contributed by atoms with E-state index in [0.29, 0.717) is 18.7 Å². The molecule has 0 fully saturated rings. The van der Waals surface area contributed by atoms with Gasteiger partial charge in [0.15, 0.2) is 6.61 Å². The van der Waals surface area contributed by atoms with Crippen molar-refractivity contribution in [3.63, 3.8) is 0 Å². The lowest BCUT2D eigenvalue weighted by atomic mass is 10.0. The lowest BCUT2D eigenvalue weighted by Gasteiger charge is -2.31. The quantitative estimate of drug-likeness (QED) is 0.626. The van der Waals surface area contributed by atoms with Crippen molar-refractivity contribution in [1.82, 2.24) is 10.2 Å². The maximum Gasteiger partial charge on any atom is 0.261 e. The molecule has 2 aromatic rings. The van der Waals surface area contributed by atoms with Gasteiger partial charge in [-0.3, -0.25) is 9.59 Å². The van der Waals surface area contributed by atoms with Gasteiger partial charge >= 0.3 is 0 Å². The molecule has 0 saturated carbocycles. The molecule has 30 heavy (non-hydrogen) atoms. The van der Waals surface area contributed by atoms with Gasteiger partial charge in [0.1, 0.15) is 11.8 Å². The third-order valence-electron chi connectivity index (χ3n) is 4.90. The first-order chi connectivity index (χ1) is 14.3. The van der Waals surface area contributed by atoms with Crippen molar-refractivity contribution in [1.29, 1.82) is 0 Å². The van der Waals surface area contributed by atoms with Crippen molar-refractivity contribution in [3.8, 4) is 5.75 Å². The minimum Gasteiger partial charge on any atom is -0.483 e. The molecule has 1 unspecified atom stereocenters. The molecule has 0 aromatic heterocycles. The Morgan fingerprint density at radius 3 is 2.20 bits per heavy atom. The highest BCUT2D eigenvalue weighted by molar-refractivity contribution is 5.88. The van der Waals surface area contributed by atoms with E-state index in [4.69, 9.17) is 4.74 Å². The second kappa shape index (κ2) is 11.4. The predicted molar refractivity (Wildman–Crippen MR) is 120 cm³/mol. The van der Waals surface area contributed by atoms with Crippen molar-refractivity contribution in [2.24, 2.45) is 0 Å². The molecule has 1 N–H and O–H groups in total. The Morgan fingerprint density at radius 2 is 1.60 bits per heavy atom. The largest absolute Gasteiger partial charge is 0.483 e. The molecule has 2 aromatic carbocycles. The molecule has 0 spiro atoms. The Bertz CT molecular complexity index is 818. The zero-order valence-corrected chi connectivity index (χ0v) is 18.7. The molecule has 0 aliphatic rings. The van der Waals surface area contributed by atoms with Gasteiger partial charge in [0, 0.05) is 12.6 Å². The molecule has 0 aliphatic carbocycles. The van der Waals surface area contributed by atoms with Gasteiger partial charge in [0.25, 0.3) is 5.91 Å². The van der Waals surface area contributed by atoms with E-state index in [2.05, 4.69) is 19.2 Å². The molecule has 0 bridgehead atoms. The Hall–Kier alpha value is -2.82. The van der Waals surface area contributed by atoms with Crippen LogP contribution in [0.25, 0.3) is 0 Å². The Labute approximate surface area is 180 Å². The van der Waals surface area contributed by atoms with Gasteiger partial charge in [-0.2, -0.15) is 0 Å². The van der Waals surface area contributed by atoms with E-state index >= 15 is 0 Å². The van der Waals surface area contributed by atoms with Crippen LogP contribution < -0.4 is 10.1 Å². The van der Waals surface area contributed by atoms with Crippen LogP contribution in [0.2, 0.25) is 0 Å². The number of para-hydroxylation sites is 1. The number of ether oxygens (including phenoxy) is 1. The number of hydrogen-bond acceptors (Lipinski definition) is 3. The molecular weight excluding hydrogens is 376 g/mol. The summed E-state index contributed by atoms with van der Waals surface area (Å²) >= 11 is 0. The first kappa shape index (κ1) is 23.5. The highest BCUT2D eigenvalue weighted by atomic mass is 16.5. The molecule has 0 radical (unpaired) electrons. The van der Waals surface area contributed by atoms with Crippen LogP contribution >= 0.6 is 0 Å². The van der Waals surface area contributed by atoms with E-state index in [1.54, 1.807) is 4.90 Å². The molecule has 1 atom stereocenters. The van der Waals surface area contributed by atoms with Crippen LogP contribution in [0.4, 0.5) is 0 Å². The number of rotatable bonds is 10. The van der Waals surface area contributed by atoms with Gasteiger partial charge in [0.05, 0.1) is 0 Å². The molecule has 0 aliphatic heterocycles. The van der Waals surface area contributed by atoms with Gasteiger partial charge in [-0.15, -0.1) is 0 Å². The van der Waals surface area contributed by atoms with Crippen LogP contribution in [-0.4, -0.2) is 35.4 Å². The second-order valence-electron chi connectivity index (χ2n) is 8.08. The zero-order valence-electron chi connectivity index (χ0n) is 18.7. The van der Waals surface area contributed by atoms with E-state index in [1.807, 2.05) is 75.4 Å². The van der Waals surface area contributed by atoms with E-state index in [1.165, 1.54) is 0 Å². The molecule has 5 heteroatoms. The SMILES string of the molecule is CCC(C(=O)NC(C)C)N(Cc1ccccc1)C(=O)COc1ccccc1C(C)C. The van der Waals surface area contributed by atoms with Crippen molar-refractivity contribution in [2.75, 3.05) is 6.61 Å². The summed E-state index contributed by atoms with van der Waals surface area (Å²) in [4.78, 5) is 27.6. The first-order valence-electron chi connectivity index (χ1n) is 10.7. The lowest BCUT2D eigenvalue weighted by Crippen LogP contribution is -2.51. The van der Waals surface area contributed by atoms with E-state index < -0.39 is 6.04 Å². The monoisotopic (exact) mass is 410 g/mol. The summed E-state index contributed by atoms with van der Waals surface area (Å²) in [6.07, 6.45) is 0.527. The molecule has 0 heterocycles. The third kappa shape index (κ3) is 6.61. The summed E-state index contributed by atoms with van der Waals surface area (Å²) in [7, 11) is 0. The Balaban J connectivity index is 2.22. The van der Waals surface area contributed by atoms with E-state index in [-0.39, 0.29) is 30.4 Å². The van der Waals surface area contributed by atoms with Crippen LogP contribution in [-0.2, 0) is 16.1 Å². The number of carbonyl (C=O) groups excluding carboxylic acids is 2. The van der Waals surface area contributed by atoms with Crippen LogP contribution in [0.1, 0.15) is 58.1 Å². The predicted octanol–water partition coefficient (Wildman–Crippen LogP) is 4.52. The van der Waals surface area contributed by atoms with Gasteiger partial charge in [-0.05, 0) is 43.4 Å². The zero-order chi connectivity index (χ0) is 22.1. The van der Waals surface area contributed by atoms with E-state index in [9.17, 15) is 9.59 Å². The maximum absolute atomic E-state index is 13.2. The van der Waals surface area contributed by atoms with Gasteiger partial charge in [-0.1, -0.05) is 69.3 Å². The molecule has 2 rings (SSSR count). The number of hydrogen-bond donors (Lipinski definition) is 1. The highest BCUT2D eigenvalue weighted by Gasteiger charge is 2.29. The van der Waals surface area contributed by atoms with Crippen LogP contribution in [0, 0.1) is 0 Å². The van der Waals surface area contributed by atoms with Crippen LogP contribution in [0.15, 0.2) is 54.6 Å². The number of nitrogens with one attached hydrogen (secondary N) is 1. The summed E-state index contributed by atoms with van der Waals surface area (Å²) < 4.78 is 5.91. The standard InChI is InChI=1S/C25H34N2O3/c1-6-22(25(29)26-19(4)5)27(16-20-12-8-7-9-13-20)24(28)17-30-23-15-11-10-14-21(23)18(2)3/h7-15,18-19,22H,6,16-17H2,1-5H3,(H,26,29). The molecule has 162 valence electrons. The van der Waals surface area contributed by atoms with Crippen molar-refractivity contribution in [3.05, 3.63) is 65.7 Å². The maximum atomic E-state index is 13.2. The van der Waals surface area contributed by atoms with Gasteiger partial charge < -0.3 is 15.0 Å². The fraction of sp³-hybridized carbons (Fsp3) is 0.440. The average molecular weight is 411 g/mol. The molecular formula is C25H34N2O3. The summed E-state index contributed by atoms with van der Waals surface area (Å²) in [5.41, 5.74) is 2.04. The summed E-state index contributed by atoms with van der Waals surface area (Å²) in [5.74, 6) is 0.652. The lowest BCUT2D eigenvalue weighted by molar-refractivity contribution is -0.143. The number of nitrogens with zero attached hydrogens (tertiary/aromatic N) is 1. The number of carbonyl (C=O) groups is 2. The Morgan fingerprint density at radius 1 is 0.967 bits per heavy atom. The van der Waals surface area contributed by atoms with Gasteiger partial charge in [-0.25, -0.2) is 0 Å². The van der Waals surface area contributed by atoms with Crippen LogP contribution in [0.3, 0.4) is 0 Å². The number of benzene rings is 2. The highest BCUT2D eigenvalue weighted by Crippen LogP contribution is 2.26. The fourth-order valence-electron chi connectivity index (χ4n) is 3.39. The van der Waals surface area contributed by atoms with Crippen molar-refractivity contribution in [2.45, 2.75) is 65.6 Å². The average Bonchev–Trinajstić information content (AvgIpc) is 2.72. The first-order valence-corrected chi connectivity index (χ1v) is 10.7. The minimum atomic E-state index is -0.552. The fourth-order valence-corrected chi connectivity index (χ4v) is 3.39. The third-order valence-corrected chi connectivity index (χ3v) is 4.90. The summed E-state index contributed by atoms with van der Waals surface area (Å²) in [5, 5.41) is 2.94. The molecule has 5 nitrogen and oxygen atoms in total. The topological polar surface area (TPSA) is 58.6 Å². The number of amides is 2. The molecule has 2 amide bonds. The van der Waals surface area contributed by atoms with Crippen LogP contribution in [0.5, 0.6) is 5.75 Å². The van der Waals surface area contributed by atoms with Gasteiger partial charge in [0.2, 0.25) is 5.91 Å². The normalized spacial score (nSPS) is 12.0. The summed E-state index contributed by atoms with van der Waals surface area (Å²) in [6.45, 7) is 10.2. The minimum absolute atomic E-state index is 0.00870. The van der Waals surface area contributed by atoms with Crippen molar-refractivity contribution < 1.29 is 14.3 Å². The smallest absolute Gasteiger partial charge is 0.261 e.